The highest BCUT2D eigenvalue weighted by molar-refractivity contribution is 6.26. The van der Waals surface area contributed by atoms with Gasteiger partial charge in [-0.2, -0.15) is 5.10 Å². The van der Waals surface area contributed by atoms with Crippen LogP contribution >= 0.6 is 0 Å². The van der Waals surface area contributed by atoms with Gasteiger partial charge in [0.05, 0.1) is 12.3 Å². The van der Waals surface area contributed by atoms with E-state index in [2.05, 4.69) is 11.7 Å². The van der Waals surface area contributed by atoms with Gasteiger partial charge in [-0.25, -0.2) is 0 Å². The van der Waals surface area contributed by atoms with Crippen molar-refractivity contribution in [2.24, 2.45) is 5.10 Å². The fourth-order valence-corrected chi connectivity index (χ4v) is 1.14. The van der Waals surface area contributed by atoms with Crippen molar-refractivity contribution in [2.45, 2.75) is 13.5 Å². The molecular weight excluding hydrogens is 188 g/mol. The number of carbonyl (C=O) groups excluding carboxylic acids is 1. The fourth-order valence-electron chi connectivity index (χ4n) is 1.14. The zero-order chi connectivity index (χ0) is 11.1. The fraction of sp³-hybridized carbons (Fsp3) is 0.167. The first-order valence-corrected chi connectivity index (χ1v) is 4.69. The van der Waals surface area contributed by atoms with Crippen molar-refractivity contribution in [3.63, 3.8) is 0 Å². The predicted octanol–water partition coefficient (Wildman–Crippen LogP) is 2.21. The third-order valence-corrected chi connectivity index (χ3v) is 1.85. The number of aldehydes is 1. The van der Waals surface area contributed by atoms with E-state index in [1.165, 1.54) is 0 Å². The molecule has 0 aliphatic rings. The van der Waals surface area contributed by atoms with Gasteiger partial charge in [-0.1, -0.05) is 36.9 Å². The standard InChI is InChI=1S/C12H14N2O/c1-3-14(13-11(2)10-15)9-12-7-5-4-6-8-12/h3-8,10H,1,9H2,2H3. The summed E-state index contributed by atoms with van der Waals surface area (Å²) in [6.07, 6.45) is 2.32. The molecule has 1 aromatic rings. The Morgan fingerprint density at radius 3 is 2.67 bits per heavy atom. The van der Waals surface area contributed by atoms with Gasteiger partial charge in [0.25, 0.3) is 0 Å². The molecule has 0 aromatic heterocycles. The van der Waals surface area contributed by atoms with Crippen molar-refractivity contribution in [2.75, 3.05) is 0 Å². The maximum atomic E-state index is 10.4. The van der Waals surface area contributed by atoms with Crippen molar-refractivity contribution < 1.29 is 4.79 Å². The molecule has 0 aliphatic heterocycles. The average molecular weight is 202 g/mol. The quantitative estimate of drug-likeness (QED) is 0.416. The summed E-state index contributed by atoms with van der Waals surface area (Å²) in [5.41, 5.74) is 1.56. The number of benzene rings is 1. The number of hydrogen-bond acceptors (Lipinski definition) is 3. The van der Waals surface area contributed by atoms with Crippen molar-refractivity contribution in [3.8, 4) is 0 Å². The van der Waals surface area contributed by atoms with Gasteiger partial charge in [0.15, 0.2) is 6.29 Å². The van der Waals surface area contributed by atoms with Crippen LogP contribution in [0.3, 0.4) is 0 Å². The van der Waals surface area contributed by atoms with Crippen molar-refractivity contribution >= 4 is 12.0 Å². The zero-order valence-corrected chi connectivity index (χ0v) is 8.76. The van der Waals surface area contributed by atoms with Crippen LogP contribution in [0.4, 0.5) is 0 Å². The Bertz CT molecular complexity index is 357. The molecule has 0 heterocycles. The van der Waals surface area contributed by atoms with Crippen molar-refractivity contribution in [1.82, 2.24) is 5.01 Å². The lowest BCUT2D eigenvalue weighted by molar-refractivity contribution is -0.102. The molecule has 0 aliphatic carbocycles. The first-order chi connectivity index (χ1) is 7.26. The number of carbonyl (C=O) groups is 1. The van der Waals surface area contributed by atoms with Gasteiger partial charge in [-0.15, -0.1) is 0 Å². The summed E-state index contributed by atoms with van der Waals surface area (Å²) in [6.45, 7) is 5.93. The monoisotopic (exact) mass is 202 g/mol. The highest BCUT2D eigenvalue weighted by Gasteiger charge is 1.98. The van der Waals surface area contributed by atoms with Gasteiger partial charge in [0.1, 0.15) is 0 Å². The number of nitrogens with zero attached hydrogens (tertiary/aromatic N) is 2. The summed E-state index contributed by atoms with van der Waals surface area (Å²) in [7, 11) is 0. The van der Waals surface area contributed by atoms with Crippen LogP contribution in [0.5, 0.6) is 0 Å². The van der Waals surface area contributed by atoms with E-state index in [9.17, 15) is 4.79 Å². The zero-order valence-electron chi connectivity index (χ0n) is 8.76. The molecule has 3 nitrogen and oxygen atoms in total. The van der Waals surface area contributed by atoms with Crippen molar-refractivity contribution in [1.29, 1.82) is 0 Å². The highest BCUT2D eigenvalue weighted by Crippen LogP contribution is 2.04. The molecule has 0 N–H and O–H groups in total. The number of hydrogen-bond donors (Lipinski definition) is 0. The Balaban J connectivity index is 2.70. The predicted molar refractivity (Wildman–Crippen MR) is 61.4 cm³/mol. The van der Waals surface area contributed by atoms with Crippen LogP contribution in [-0.2, 0) is 11.3 Å². The van der Waals surface area contributed by atoms with Gasteiger partial charge in [-0.05, 0) is 12.5 Å². The highest BCUT2D eigenvalue weighted by atomic mass is 16.1. The van der Waals surface area contributed by atoms with E-state index in [1.54, 1.807) is 18.1 Å². The Morgan fingerprint density at radius 2 is 2.13 bits per heavy atom. The van der Waals surface area contributed by atoms with Gasteiger partial charge >= 0.3 is 0 Å². The first kappa shape index (κ1) is 11.2. The minimum atomic E-state index is 0.436. The van der Waals surface area contributed by atoms with E-state index in [0.717, 1.165) is 11.8 Å². The molecule has 0 amide bonds. The molecule has 0 unspecified atom stereocenters. The molecule has 15 heavy (non-hydrogen) atoms. The molecule has 0 saturated heterocycles. The Labute approximate surface area is 89.7 Å². The van der Waals surface area contributed by atoms with Crippen LogP contribution in [0.15, 0.2) is 48.2 Å². The summed E-state index contributed by atoms with van der Waals surface area (Å²) in [6, 6.07) is 9.89. The van der Waals surface area contributed by atoms with Crippen LogP contribution in [0.2, 0.25) is 0 Å². The van der Waals surface area contributed by atoms with Gasteiger partial charge in [-0.3, -0.25) is 9.80 Å². The van der Waals surface area contributed by atoms with Crippen LogP contribution in [0.25, 0.3) is 0 Å². The average Bonchev–Trinajstić information content (AvgIpc) is 2.29. The summed E-state index contributed by atoms with van der Waals surface area (Å²) in [5.74, 6) is 0. The topological polar surface area (TPSA) is 32.7 Å². The van der Waals surface area contributed by atoms with E-state index < -0.39 is 0 Å². The smallest absolute Gasteiger partial charge is 0.165 e. The third kappa shape index (κ3) is 3.77. The summed E-state index contributed by atoms with van der Waals surface area (Å²) < 4.78 is 0. The maximum Gasteiger partial charge on any atom is 0.165 e. The van der Waals surface area contributed by atoms with Gasteiger partial charge < -0.3 is 0 Å². The van der Waals surface area contributed by atoms with Crippen LogP contribution in [0.1, 0.15) is 12.5 Å². The Kier molecular flexibility index (Phi) is 4.29. The van der Waals surface area contributed by atoms with Crippen LogP contribution in [-0.4, -0.2) is 17.0 Å². The maximum absolute atomic E-state index is 10.4. The Morgan fingerprint density at radius 1 is 1.47 bits per heavy atom. The lowest BCUT2D eigenvalue weighted by Gasteiger charge is -2.13. The lowest BCUT2D eigenvalue weighted by Crippen LogP contribution is -2.12. The number of hydrazone groups is 1. The third-order valence-electron chi connectivity index (χ3n) is 1.85. The second-order valence-electron chi connectivity index (χ2n) is 3.12. The molecule has 3 heteroatoms. The van der Waals surface area contributed by atoms with Crippen LogP contribution < -0.4 is 0 Å². The number of rotatable bonds is 5. The molecule has 0 fully saturated rings. The molecule has 0 bridgehead atoms. The molecule has 78 valence electrons. The molecule has 0 spiro atoms. The summed E-state index contributed by atoms with van der Waals surface area (Å²) in [4.78, 5) is 10.4. The minimum Gasteiger partial charge on any atom is -0.296 e. The van der Waals surface area contributed by atoms with Crippen molar-refractivity contribution in [3.05, 3.63) is 48.7 Å². The first-order valence-electron chi connectivity index (χ1n) is 4.69. The van der Waals surface area contributed by atoms with E-state index in [4.69, 9.17) is 0 Å². The van der Waals surface area contributed by atoms with E-state index in [-0.39, 0.29) is 0 Å². The van der Waals surface area contributed by atoms with Gasteiger partial charge in [0.2, 0.25) is 0 Å². The SMILES string of the molecule is C=CN(Cc1ccccc1)N=C(C)C=O. The van der Waals surface area contributed by atoms with E-state index in [1.807, 2.05) is 30.3 Å². The summed E-state index contributed by atoms with van der Waals surface area (Å²) >= 11 is 0. The van der Waals surface area contributed by atoms with E-state index in [0.29, 0.717) is 12.3 Å². The molecule has 0 atom stereocenters. The summed E-state index contributed by atoms with van der Waals surface area (Å²) in [5, 5.41) is 5.71. The molecule has 0 saturated carbocycles. The van der Waals surface area contributed by atoms with Gasteiger partial charge in [0, 0.05) is 6.20 Å². The second-order valence-corrected chi connectivity index (χ2v) is 3.12. The normalized spacial score (nSPS) is 10.9. The second kappa shape index (κ2) is 5.75. The molecule has 1 aromatic carbocycles. The lowest BCUT2D eigenvalue weighted by atomic mass is 10.2. The molecule has 0 radical (unpaired) electrons. The van der Waals surface area contributed by atoms with E-state index >= 15 is 0 Å². The molecule has 1 rings (SSSR count). The molecular formula is C12H14N2O. The largest absolute Gasteiger partial charge is 0.296 e. The minimum absolute atomic E-state index is 0.436. The Hall–Kier alpha value is -1.90. The van der Waals surface area contributed by atoms with Crippen LogP contribution in [0, 0.1) is 0 Å².